The van der Waals surface area contributed by atoms with E-state index in [1.54, 1.807) is 24.3 Å². The van der Waals surface area contributed by atoms with Gasteiger partial charge in [0.15, 0.2) is 6.33 Å². The molecule has 7 nitrogen and oxygen atoms in total. The van der Waals surface area contributed by atoms with E-state index in [1.165, 1.54) is 6.33 Å². The number of azo groups is 1. The van der Waals surface area contributed by atoms with E-state index < -0.39 is 5.97 Å². The van der Waals surface area contributed by atoms with Crippen molar-refractivity contribution in [2.75, 3.05) is 6.61 Å². The van der Waals surface area contributed by atoms with Crippen LogP contribution in [-0.4, -0.2) is 22.7 Å². The number of hydrogen-bond donors (Lipinski definition) is 0. The van der Waals surface area contributed by atoms with Gasteiger partial charge in [0, 0.05) is 4.88 Å². The fourth-order valence-electron chi connectivity index (χ4n) is 2.24. The summed E-state index contributed by atoms with van der Waals surface area (Å²) in [5.74, 6) is -0.428. The van der Waals surface area contributed by atoms with Gasteiger partial charge in [0.1, 0.15) is 5.69 Å². The molecule has 23 heavy (non-hydrogen) atoms. The molecule has 0 aliphatic heterocycles. The molecule has 0 saturated carbocycles. The van der Waals surface area contributed by atoms with E-state index in [4.69, 9.17) is 9.26 Å². The van der Waals surface area contributed by atoms with Crippen LogP contribution in [0.15, 0.2) is 33.2 Å². The first-order valence-electron chi connectivity index (χ1n) is 6.99. The van der Waals surface area contributed by atoms with E-state index in [-0.39, 0.29) is 6.01 Å². The third-order valence-corrected chi connectivity index (χ3v) is 4.25. The number of ether oxygens (including phenoxy) is 1. The van der Waals surface area contributed by atoms with E-state index in [2.05, 4.69) is 26.4 Å². The molecule has 0 spiro atoms. The van der Waals surface area contributed by atoms with Gasteiger partial charge in [-0.25, -0.2) is 4.79 Å². The lowest BCUT2D eigenvalue weighted by Gasteiger charge is -2.07. The summed E-state index contributed by atoms with van der Waals surface area (Å²) in [4.78, 5) is 17.2. The summed E-state index contributed by atoms with van der Waals surface area (Å²) in [6.45, 7) is 6.01. The molecule has 2 aromatic heterocycles. The van der Waals surface area contributed by atoms with Gasteiger partial charge < -0.3 is 9.26 Å². The maximum absolute atomic E-state index is 12.3. The Hall–Kier alpha value is -2.61. The average Bonchev–Trinajstić information content (AvgIpc) is 3.15. The van der Waals surface area contributed by atoms with Crippen molar-refractivity contribution in [3.63, 3.8) is 0 Å². The second kappa shape index (κ2) is 6.25. The molecule has 0 amide bonds. The monoisotopic (exact) mass is 330 g/mol. The summed E-state index contributed by atoms with van der Waals surface area (Å²) >= 11 is 1.55. The van der Waals surface area contributed by atoms with Crippen LogP contribution in [-0.2, 0) is 4.74 Å². The lowest BCUT2D eigenvalue weighted by atomic mass is 10.1. The summed E-state index contributed by atoms with van der Waals surface area (Å²) < 4.78 is 10.8. The van der Waals surface area contributed by atoms with E-state index in [1.807, 2.05) is 13.8 Å². The standard InChI is InChI=1S/C15H14N4O3S/c1-4-21-14(20)11-5-8(2)10-6-9(3)23-13(10)12(11)18-19-15-16-7-17-22-15/h5-7H,4H2,1-3H3/b19-18+. The Morgan fingerprint density at radius 1 is 1.35 bits per heavy atom. The van der Waals surface area contributed by atoms with Crippen LogP contribution in [0.25, 0.3) is 10.1 Å². The highest BCUT2D eigenvalue weighted by Gasteiger charge is 2.19. The van der Waals surface area contributed by atoms with Crippen molar-refractivity contribution in [3.05, 3.63) is 34.5 Å². The lowest BCUT2D eigenvalue weighted by molar-refractivity contribution is 0.0527. The summed E-state index contributed by atoms with van der Waals surface area (Å²) in [6, 6.07) is 3.87. The molecule has 0 saturated heterocycles. The van der Waals surface area contributed by atoms with Crippen LogP contribution in [0.4, 0.5) is 11.7 Å². The molecule has 0 atom stereocenters. The number of hydrogen-bond acceptors (Lipinski definition) is 8. The molecular formula is C15H14N4O3S. The van der Waals surface area contributed by atoms with Gasteiger partial charge in [-0.1, -0.05) is 10.3 Å². The van der Waals surface area contributed by atoms with Gasteiger partial charge in [-0.3, -0.25) is 0 Å². The molecule has 2 heterocycles. The van der Waals surface area contributed by atoms with Gasteiger partial charge >= 0.3 is 12.0 Å². The average molecular weight is 330 g/mol. The molecule has 0 unspecified atom stereocenters. The second-order valence-electron chi connectivity index (χ2n) is 4.83. The smallest absolute Gasteiger partial charge is 0.365 e. The molecular weight excluding hydrogens is 316 g/mol. The first-order valence-corrected chi connectivity index (χ1v) is 7.81. The lowest BCUT2D eigenvalue weighted by Crippen LogP contribution is -2.05. The van der Waals surface area contributed by atoms with Gasteiger partial charge in [0.2, 0.25) is 0 Å². The molecule has 8 heteroatoms. The number of benzene rings is 1. The van der Waals surface area contributed by atoms with Crippen LogP contribution < -0.4 is 0 Å². The zero-order valence-corrected chi connectivity index (χ0v) is 13.7. The van der Waals surface area contributed by atoms with Crippen molar-refractivity contribution >= 4 is 39.1 Å². The highest BCUT2D eigenvalue weighted by molar-refractivity contribution is 7.19. The van der Waals surface area contributed by atoms with Gasteiger partial charge in [0.05, 0.1) is 16.9 Å². The Labute approximate surface area is 136 Å². The number of rotatable bonds is 4. The molecule has 3 aromatic rings. The number of nitrogens with zero attached hydrogens (tertiary/aromatic N) is 4. The van der Waals surface area contributed by atoms with Gasteiger partial charge in [0.25, 0.3) is 0 Å². The predicted octanol–water partition coefficient (Wildman–Crippen LogP) is 4.49. The maximum Gasteiger partial charge on any atom is 0.365 e. The van der Waals surface area contributed by atoms with Crippen molar-refractivity contribution in [2.24, 2.45) is 10.2 Å². The maximum atomic E-state index is 12.3. The number of fused-ring (bicyclic) bond motifs is 1. The molecule has 0 N–H and O–H groups in total. The summed E-state index contributed by atoms with van der Waals surface area (Å²) in [7, 11) is 0. The van der Waals surface area contributed by atoms with Gasteiger partial charge in [-0.05, 0) is 43.9 Å². The molecule has 0 fully saturated rings. The predicted molar refractivity (Wildman–Crippen MR) is 85.7 cm³/mol. The quantitative estimate of drug-likeness (QED) is 0.519. The largest absolute Gasteiger partial charge is 0.462 e. The van der Waals surface area contributed by atoms with Crippen LogP contribution >= 0.6 is 11.3 Å². The molecule has 0 bridgehead atoms. The summed E-state index contributed by atoms with van der Waals surface area (Å²) in [5.41, 5.74) is 1.83. The minimum Gasteiger partial charge on any atom is -0.462 e. The normalized spacial score (nSPS) is 11.4. The minimum absolute atomic E-state index is 0.0295. The molecule has 1 aromatic carbocycles. The Morgan fingerprint density at radius 2 is 2.17 bits per heavy atom. The van der Waals surface area contributed by atoms with Crippen molar-refractivity contribution in [1.29, 1.82) is 0 Å². The third kappa shape index (κ3) is 2.98. The highest BCUT2D eigenvalue weighted by Crippen LogP contribution is 2.39. The molecule has 3 rings (SSSR count). The third-order valence-electron chi connectivity index (χ3n) is 3.19. The van der Waals surface area contributed by atoms with Crippen LogP contribution in [0, 0.1) is 13.8 Å². The second-order valence-corrected chi connectivity index (χ2v) is 6.09. The molecule has 0 aliphatic rings. The Kier molecular flexibility index (Phi) is 4.16. The molecule has 0 aliphatic carbocycles. The number of thiophene rings is 1. The van der Waals surface area contributed by atoms with Crippen molar-refractivity contribution in [2.45, 2.75) is 20.8 Å². The fourth-order valence-corrected chi connectivity index (χ4v) is 3.31. The Bertz CT molecular complexity index is 884. The first-order chi connectivity index (χ1) is 11.1. The van der Waals surface area contributed by atoms with Crippen molar-refractivity contribution in [3.8, 4) is 0 Å². The van der Waals surface area contributed by atoms with E-state index in [9.17, 15) is 4.79 Å². The fraction of sp³-hybridized carbons (Fsp3) is 0.267. The van der Waals surface area contributed by atoms with Crippen LogP contribution in [0.5, 0.6) is 0 Å². The first kappa shape index (κ1) is 15.3. The molecule has 0 radical (unpaired) electrons. The number of carbonyl (C=O) groups excluding carboxylic acids is 1. The van der Waals surface area contributed by atoms with Gasteiger partial charge in [-0.15, -0.1) is 16.5 Å². The topological polar surface area (TPSA) is 89.9 Å². The summed E-state index contributed by atoms with van der Waals surface area (Å²) in [5, 5.41) is 12.6. The number of esters is 1. The Morgan fingerprint density at radius 3 is 2.87 bits per heavy atom. The number of aromatic nitrogens is 2. The van der Waals surface area contributed by atoms with Crippen molar-refractivity contribution < 1.29 is 14.1 Å². The van der Waals surface area contributed by atoms with E-state index in [0.717, 1.165) is 20.5 Å². The van der Waals surface area contributed by atoms with Crippen LogP contribution in [0.3, 0.4) is 0 Å². The molecule has 118 valence electrons. The van der Waals surface area contributed by atoms with Crippen LogP contribution in [0.2, 0.25) is 0 Å². The zero-order chi connectivity index (χ0) is 16.4. The SMILES string of the molecule is CCOC(=O)c1cc(C)c2cc(C)sc2c1/N=N/c1ncno1. The van der Waals surface area contributed by atoms with Gasteiger partial charge in [-0.2, -0.15) is 4.98 Å². The van der Waals surface area contributed by atoms with E-state index >= 15 is 0 Å². The number of aryl methyl sites for hydroxylation is 2. The summed E-state index contributed by atoms with van der Waals surface area (Å²) in [6.07, 6.45) is 1.24. The number of carbonyl (C=O) groups is 1. The van der Waals surface area contributed by atoms with E-state index in [0.29, 0.717) is 17.9 Å². The van der Waals surface area contributed by atoms with Crippen LogP contribution in [0.1, 0.15) is 27.7 Å². The van der Waals surface area contributed by atoms with Crippen molar-refractivity contribution in [1.82, 2.24) is 10.1 Å². The minimum atomic E-state index is -0.428. The zero-order valence-electron chi connectivity index (χ0n) is 12.9. The Balaban J connectivity index is 2.20. The highest BCUT2D eigenvalue weighted by atomic mass is 32.1.